The predicted octanol–water partition coefficient (Wildman–Crippen LogP) is 2.09. The average Bonchev–Trinajstić information content (AvgIpc) is 3.32. The van der Waals surface area contributed by atoms with Gasteiger partial charge in [-0.15, -0.1) is 11.3 Å². The van der Waals surface area contributed by atoms with Crippen LogP contribution in [0, 0.1) is 25.7 Å². The number of carbonyl (C=O) groups is 4. The highest BCUT2D eigenvalue weighted by atomic mass is 32.1. The van der Waals surface area contributed by atoms with Gasteiger partial charge in [-0.25, -0.2) is 9.59 Å². The average molecular weight is 381 g/mol. The maximum atomic E-state index is 12.7. The fourth-order valence-electron chi connectivity index (χ4n) is 2.38. The number of anilines is 1. The summed E-state index contributed by atoms with van der Waals surface area (Å²) in [5, 5.41) is 5.13. The molecule has 0 spiro atoms. The van der Waals surface area contributed by atoms with Crippen molar-refractivity contribution in [2.75, 3.05) is 5.32 Å². The number of primary amides is 1. The summed E-state index contributed by atoms with van der Waals surface area (Å²) in [6.45, 7) is 6.95. The van der Waals surface area contributed by atoms with E-state index in [0.717, 1.165) is 17.7 Å². The van der Waals surface area contributed by atoms with Gasteiger partial charge < -0.3 is 15.8 Å². The fourth-order valence-corrected chi connectivity index (χ4v) is 3.43. The molecule has 0 saturated heterocycles. The molecule has 0 aliphatic heterocycles. The maximum absolute atomic E-state index is 12.7. The lowest BCUT2D eigenvalue weighted by molar-refractivity contribution is -0.131. The van der Waals surface area contributed by atoms with E-state index < -0.39 is 24.0 Å². The first kappa shape index (κ1) is 19.9. The van der Waals surface area contributed by atoms with Gasteiger partial charge in [-0.2, -0.15) is 0 Å². The number of nitrogens with one attached hydrogen (secondary N) is 2. The van der Waals surface area contributed by atoms with Crippen LogP contribution in [0.1, 0.15) is 47.5 Å². The second-order valence-electron chi connectivity index (χ2n) is 6.67. The van der Waals surface area contributed by atoms with Gasteiger partial charge in [0.1, 0.15) is 5.00 Å². The third-order valence-corrected chi connectivity index (χ3v) is 5.24. The number of amides is 4. The summed E-state index contributed by atoms with van der Waals surface area (Å²) in [5.74, 6) is -2.01. The Balaban J connectivity index is 2.22. The van der Waals surface area contributed by atoms with E-state index in [-0.39, 0.29) is 23.3 Å². The van der Waals surface area contributed by atoms with Crippen molar-refractivity contribution in [3.05, 3.63) is 16.0 Å². The van der Waals surface area contributed by atoms with Crippen molar-refractivity contribution in [3.63, 3.8) is 0 Å². The number of nitrogens with two attached hydrogens (primary N) is 1. The first-order valence-corrected chi connectivity index (χ1v) is 9.15. The van der Waals surface area contributed by atoms with Gasteiger partial charge in [0.15, 0.2) is 6.10 Å². The van der Waals surface area contributed by atoms with Crippen molar-refractivity contribution in [1.29, 1.82) is 0 Å². The van der Waals surface area contributed by atoms with E-state index in [2.05, 4.69) is 5.32 Å². The van der Waals surface area contributed by atoms with E-state index >= 15 is 0 Å². The summed E-state index contributed by atoms with van der Waals surface area (Å²) in [5.41, 5.74) is 5.88. The Hall–Kier alpha value is -2.42. The Morgan fingerprint density at radius 3 is 2.31 bits per heavy atom. The number of rotatable bonds is 6. The molecule has 0 aromatic carbocycles. The topological polar surface area (TPSA) is 128 Å². The van der Waals surface area contributed by atoms with E-state index in [1.165, 1.54) is 11.3 Å². The number of imide groups is 1. The number of urea groups is 1. The van der Waals surface area contributed by atoms with Crippen molar-refractivity contribution in [2.45, 2.75) is 46.6 Å². The Kier molecular flexibility index (Phi) is 6.01. The van der Waals surface area contributed by atoms with Crippen LogP contribution in [0.5, 0.6) is 0 Å². The first-order valence-electron chi connectivity index (χ1n) is 8.34. The van der Waals surface area contributed by atoms with Crippen LogP contribution in [0.3, 0.4) is 0 Å². The number of thiophene rings is 1. The van der Waals surface area contributed by atoms with E-state index in [1.807, 2.05) is 12.2 Å². The number of carbonyl (C=O) groups excluding carboxylic acids is 4. The zero-order valence-corrected chi connectivity index (χ0v) is 16.0. The summed E-state index contributed by atoms with van der Waals surface area (Å²) >= 11 is 1.29. The Labute approximate surface area is 155 Å². The van der Waals surface area contributed by atoms with Gasteiger partial charge >= 0.3 is 12.0 Å². The lowest BCUT2D eigenvalue weighted by atomic mass is 10.1. The minimum Gasteiger partial charge on any atom is -0.448 e. The van der Waals surface area contributed by atoms with E-state index in [1.54, 1.807) is 20.8 Å². The van der Waals surface area contributed by atoms with Crippen molar-refractivity contribution in [3.8, 4) is 0 Å². The van der Waals surface area contributed by atoms with Crippen molar-refractivity contribution in [1.82, 2.24) is 5.32 Å². The molecule has 1 heterocycles. The molecule has 1 saturated carbocycles. The molecule has 0 bridgehead atoms. The molecule has 0 radical (unpaired) electrons. The molecule has 4 amide bonds. The number of hydrogen-bond donors (Lipinski definition) is 3. The third kappa shape index (κ3) is 4.60. The van der Waals surface area contributed by atoms with E-state index in [4.69, 9.17) is 10.5 Å². The number of aryl methyl sites for hydroxylation is 1. The second-order valence-corrected chi connectivity index (χ2v) is 7.90. The molecule has 2 rings (SSSR count). The number of ether oxygens (including phenoxy) is 1. The molecule has 26 heavy (non-hydrogen) atoms. The maximum Gasteiger partial charge on any atom is 0.342 e. The SMILES string of the molecule is Cc1sc(NC(=O)C2CC2)c(C(=O)OC(C(=O)NC(N)=O)C(C)C)c1C. The standard InChI is InChI=1S/C17H23N3O5S/c1-7(2)12(14(22)20-17(18)24)25-16(23)11-8(3)9(4)26-15(11)19-13(21)10-5-6-10/h7,10,12H,5-6H2,1-4H3,(H,19,21)(H3,18,20,22,24). The Bertz CT molecular complexity index is 752. The van der Waals surface area contributed by atoms with Crippen LogP contribution in [0.2, 0.25) is 0 Å². The summed E-state index contributed by atoms with van der Waals surface area (Å²) in [7, 11) is 0. The monoisotopic (exact) mass is 381 g/mol. The molecular formula is C17H23N3O5S. The number of hydrogen-bond acceptors (Lipinski definition) is 6. The minimum atomic E-state index is -1.18. The smallest absolute Gasteiger partial charge is 0.342 e. The van der Waals surface area contributed by atoms with Crippen LogP contribution >= 0.6 is 11.3 Å². The summed E-state index contributed by atoms with van der Waals surface area (Å²) < 4.78 is 5.35. The van der Waals surface area contributed by atoms with E-state index in [0.29, 0.717) is 10.6 Å². The van der Waals surface area contributed by atoms with Gasteiger partial charge in [0, 0.05) is 10.8 Å². The zero-order valence-electron chi connectivity index (χ0n) is 15.2. The molecule has 8 nitrogen and oxygen atoms in total. The molecule has 1 aromatic heterocycles. The highest BCUT2D eigenvalue weighted by Crippen LogP contribution is 2.36. The van der Waals surface area contributed by atoms with Gasteiger partial charge in [-0.05, 0) is 38.2 Å². The van der Waals surface area contributed by atoms with Gasteiger partial charge in [0.25, 0.3) is 5.91 Å². The van der Waals surface area contributed by atoms with Gasteiger partial charge in [-0.3, -0.25) is 14.9 Å². The summed E-state index contributed by atoms with van der Waals surface area (Å²) in [6, 6.07) is -1.02. The van der Waals surface area contributed by atoms with Crippen molar-refractivity contribution >= 4 is 40.2 Å². The Morgan fingerprint density at radius 1 is 1.19 bits per heavy atom. The van der Waals surface area contributed by atoms with Crippen LogP contribution in [0.4, 0.5) is 9.80 Å². The van der Waals surface area contributed by atoms with Crippen molar-refractivity contribution in [2.24, 2.45) is 17.6 Å². The molecule has 1 unspecified atom stereocenters. The highest BCUT2D eigenvalue weighted by Gasteiger charge is 2.33. The molecule has 1 fully saturated rings. The zero-order chi connectivity index (χ0) is 19.6. The molecule has 1 aliphatic carbocycles. The van der Waals surface area contributed by atoms with Crippen molar-refractivity contribution < 1.29 is 23.9 Å². The molecule has 1 aliphatic rings. The van der Waals surface area contributed by atoms with Crippen LogP contribution in [-0.4, -0.2) is 29.9 Å². The first-order chi connectivity index (χ1) is 12.1. The van der Waals surface area contributed by atoms with Gasteiger partial charge in [0.2, 0.25) is 5.91 Å². The normalized spacial score (nSPS) is 14.7. The lowest BCUT2D eigenvalue weighted by Crippen LogP contribution is -2.45. The molecule has 4 N–H and O–H groups in total. The van der Waals surface area contributed by atoms with E-state index in [9.17, 15) is 19.2 Å². The molecule has 142 valence electrons. The molecule has 9 heteroatoms. The van der Waals surface area contributed by atoms with Gasteiger partial charge in [0.05, 0.1) is 5.56 Å². The van der Waals surface area contributed by atoms with Crippen LogP contribution in [0.15, 0.2) is 0 Å². The summed E-state index contributed by atoms with van der Waals surface area (Å²) in [6.07, 6.45) is 0.511. The fraction of sp³-hybridized carbons (Fsp3) is 0.529. The van der Waals surface area contributed by atoms with Crippen LogP contribution in [-0.2, 0) is 14.3 Å². The van der Waals surface area contributed by atoms with Gasteiger partial charge in [-0.1, -0.05) is 13.8 Å². The predicted molar refractivity (Wildman–Crippen MR) is 96.9 cm³/mol. The minimum absolute atomic E-state index is 0.00802. The lowest BCUT2D eigenvalue weighted by Gasteiger charge is -2.20. The molecular weight excluding hydrogens is 358 g/mol. The molecule has 1 atom stereocenters. The summed E-state index contributed by atoms with van der Waals surface area (Å²) in [4.78, 5) is 48.6. The largest absolute Gasteiger partial charge is 0.448 e. The quantitative estimate of drug-likeness (QED) is 0.650. The second kappa shape index (κ2) is 7.86. The van der Waals surface area contributed by atoms with Crippen LogP contribution < -0.4 is 16.4 Å². The number of esters is 1. The van der Waals surface area contributed by atoms with Crippen LogP contribution in [0.25, 0.3) is 0 Å². The highest BCUT2D eigenvalue weighted by molar-refractivity contribution is 7.16. The third-order valence-electron chi connectivity index (χ3n) is 4.12. The Morgan fingerprint density at radius 2 is 1.81 bits per heavy atom. The molecule has 1 aromatic rings.